The zero-order valence-electron chi connectivity index (χ0n) is 14.5. The van der Waals surface area contributed by atoms with Crippen LogP contribution in [0, 0.1) is 5.82 Å². The molecule has 1 fully saturated rings. The van der Waals surface area contributed by atoms with Crippen molar-refractivity contribution in [2.45, 2.75) is 25.4 Å². The first-order valence-corrected chi connectivity index (χ1v) is 9.52. The molecule has 6 heteroatoms. The van der Waals surface area contributed by atoms with E-state index in [0.717, 1.165) is 42.5 Å². The summed E-state index contributed by atoms with van der Waals surface area (Å²) in [5.41, 5.74) is 1.11. The molecule has 0 radical (unpaired) electrons. The van der Waals surface area contributed by atoms with Crippen LogP contribution >= 0.6 is 15.9 Å². The standard InChI is InChI=1S/C20H22BrFN2O2/c21-16-3-7-19(8-4-16)26-14-20(25)23-18-9-11-24(12-10-18)13-15-1-5-17(22)6-2-15/h1-8,18H,9-14H2,(H,23,25). The van der Waals surface area contributed by atoms with Crippen molar-refractivity contribution >= 4 is 21.8 Å². The van der Waals surface area contributed by atoms with Crippen LogP contribution in [0.15, 0.2) is 53.0 Å². The summed E-state index contributed by atoms with van der Waals surface area (Å²) >= 11 is 3.36. The number of hydrogen-bond donors (Lipinski definition) is 1. The second-order valence-corrected chi connectivity index (χ2v) is 7.40. The van der Waals surface area contributed by atoms with Crippen LogP contribution in [0.5, 0.6) is 5.75 Å². The lowest BCUT2D eigenvalue weighted by atomic mass is 10.0. The minimum Gasteiger partial charge on any atom is -0.484 e. The molecule has 1 N–H and O–H groups in total. The first-order valence-electron chi connectivity index (χ1n) is 8.73. The van der Waals surface area contributed by atoms with Crippen molar-refractivity contribution in [3.63, 3.8) is 0 Å². The number of amides is 1. The molecule has 3 rings (SSSR count). The van der Waals surface area contributed by atoms with Crippen molar-refractivity contribution in [2.24, 2.45) is 0 Å². The van der Waals surface area contributed by atoms with Gasteiger partial charge in [0.2, 0.25) is 0 Å². The number of piperidine rings is 1. The molecule has 0 saturated carbocycles. The van der Waals surface area contributed by atoms with Gasteiger partial charge in [0, 0.05) is 30.1 Å². The molecule has 1 heterocycles. The van der Waals surface area contributed by atoms with Gasteiger partial charge in [0.1, 0.15) is 11.6 Å². The highest BCUT2D eigenvalue weighted by Gasteiger charge is 2.20. The van der Waals surface area contributed by atoms with Crippen LogP contribution < -0.4 is 10.1 Å². The average molecular weight is 421 g/mol. The Morgan fingerprint density at radius 3 is 2.42 bits per heavy atom. The number of ether oxygens (including phenoxy) is 1. The van der Waals surface area contributed by atoms with Gasteiger partial charge in [-0.3, -0.25) is 9.69 Å². The number of likely N-dealkylation sites (tertiary alicyclic amines) is 1. The van der Waals surface area contributed by atoms with Crippen LogP contribution in [0.3, 0.4) is 0 Å². The quantitative estimate of drug-likeness (QED) is 0.773. The number of rotatable bonds is 6. The lowest BCUT2D eigenvalue weighted by molar-refractivity contribution is -0.124. The van der Waals surface area contributed by atoms with Crippen LogP contribution in [-0.4, -0.2) is 36.5 Å². The number of nitrogens with one attached hydrogen (secondary N) is 1. The number of hydrogen-bond acceptors (Lipinski definition) is 3. The Morgan fingerprint density at radius 2 is 1.77 bits per heavy atom. The smallest absolute Gasteiger partial charge is 0.258 e. The maximum Gasteiger partial charge on any atom is 0.258 e. The minimum absolute atomic E-state index is 0.0252. The van der Waals surface area contributed by atoms with Gasteiger partial charge in [-0.15, -0.1) is 0 Å². The topological polar surface area (TPSA) is 41.6 Å². The van der Waals surface area contributed by atoms with Crippen molar-refractivity contribution in [3.05, 3.63) is 64.4 Å². The molecular formula is C20H22BrFN2O2. The number of nitrogens with zero attached hydrogens (tertiary/aromatic N) is 1. The van der Waals surface area contributed by atoms with E-state index in [1.807, 2.05) is 36.4 Å². The molecule has 0 spiro atoms. The van der Waals surface area contributed by atoms with E-state index in [-0.39, 0.29) is 24.4 Å². The zero-order chi connectivity index (χ0) is 18.4. The van der Waals surface area contributed by atoms with E-state index in [1.54, 1.807) is 0 Å². The average Bonchev–Trinajstić information content (AvgIpc) is 2.65. The Labute approximate surface area is 161 Å². The van der Waals surface area contributed by atoms with Crippen LogP contribution in [0.25, 0.3) is 0 Å². The van der Waals surface area contributed by atoms with Crippen LogP contribution in [0.2, 0.25) is 0 Å². The third-order valence-corrected chi connectivity index (χ3v) is 4.98. The van der Waals surface area contributed by atoms with Gasteiger partial charge in [0.25, 0.3) is 5.91 Å². The normalized spacial score (nSPS) is 15.6. The number of benzene rings is 2. The van der Waals surface area contributed by atoms with E-state index in [2.05, 4.69) is 26.1 Å². The first-order chi connectivity index (χ1) is 12.6. The first kappa shape index (κ1) is 18.9. The van der Waals surface area contributed by atoms with Gasteiger partial charge in [-0.1, -0.05) is 28.1 Å². The third kappa shape index (κ3) is 5.81. The summed E-state index contributed by atoms with van der Waals surface area (Å²) in [5, 5.41) is 3.04. The summed E-state index contributed by atoms with van der Waals surface area (Å²) in [7, 11) is 0. The maximum absolute atomic E-state index is 13.0. The number of carbonyl (C=O) groups is 1. The van der Waals surface area contributed by atoms with Gasteiger partial charge < -0.3 is 10.1 Å². The minimum atomic E-state index is -0.208. The summed E-state index contributed by atoms with van der Waals surface area (Å²) in [6.07, 6.45) is 1.82. The van der Waals surface area contributed by atoms with Gasteiger partial charge >= 0.3 is 0 Å². The highest BCUT2D eigenvalue weighted by atomic mass is 79.9. The highest BCUT2D eigenvalue weighted by molar-refractivity contribution is 9.10. The summed E-state index contributed by atoms with van der Waals surface area (Å²) in [4.78, 5) is 14.4. The highest BCUT2D eigenvalue weighted by Crippen LogP contribution is 2.17. The van der Waals surface area contributed by atoms with Crippen molar-refractivity contribution < 1.29 is 13.9 Å². The predicted molar refractivity (Wildman–Crippen MR) is 102 cm³/mol. The molecule has 2 aromatic rings. The molecule has 0 unspecified atom stereocenters. The van der Waals surface area contributed by atoms with Gasteiger partial charge in [-0.05, 0) is 54.8 Å². The van der Waals surface area contributed by atoms with Crippen LogP contribution in [-0.2, 0) is 11.3 Å². The third-order valence-electron chi connectivity index (χ3n) is 4.46. The fraction of sp³-hybridized carbons (Fsp3) is 0.350. The maximum atomic E-state index is 13.0. The molecule has 0 bridgehead atoms. The molecule has 1 saturated heterocycles. The zero-order valence-corrected chi connectivity index (χ0v) is 16.0. The van der Waals surface area contributed by atoms with Crippen molar-refractivity contribution in [1.82, 2.24) is 10.2 Å². The second kappa shape index (κ2) is 9.14. The monoisotopic (exact) mass is 420 g/mol. The summed E-state index contributed by atoms with van der Waals surface area (Å²) in [6, 6.07) is 14.2. The molecule has 0 atom stereocenters. The molecule has 0 aromatic heterocycles. The Hall–Kier alpha value is -1.92. The molecule has 1 amide bonds. The Bertz CT molecular complexity index is 714. The lowest BCUT2D eigenvalue weighted by Crippen LogP contribution is -2.45. The van der Waals surface area contributed by atoms with Crippen LogP contribution in [0.1, 0.15) is 18.4 Å². The van der Waals surface area contributed by atoms with Crippen molar-refractivity contribution in [2.75, 3.05) is 19.7 Å². The molecule has 2 aromatic carbocycles. The lowest BCUT2D eigenvalue weighted by Gasteiger charge is -2.32. The number of carbonyl (C=O) groups excluding carboxylic acids is 1. The molecule has 4 nitrogen and oxygen atoms in total. The van der Waals surface area contributed by atoms with Gasteiger partial charge in [0.05, 0.1) is 0 Å². The SMILES string of the molecule is O=C(COc1ccc(Br)cc1)NC1CCN(Cc2ccc(F)cc2)CC1. The predicted octanol–water partition coefficient (Wildman–Crippen LogP) is 3.75. The Kier molecular flexibility index (Phi) is 6.63. The van der Waals surface area contributed by atoms with Gasteiger partial charge in [-0.25, -0.2) is 4.39 Å². The summed E-state index contributed by atoms with van der Waals surface area (Å²) in [6.45, 7) is 2.66. The van der Waals surface area contributed by atoms with E-state index in [1.165, 1.54) is 12.1 Å². The molecule has 1 aliphatic rings. The van der Waals surface area contributed by atoms with Crippen LogP contribution in [0.4, 0.5) is 4.39 Å². The van der Waals surface area contributed by atoms with Crippen molar-refractivity contribution in [1.29, 1.82) is 0 Å². The summed E-state index contributed by atoms with van der Waals surface area (Å²) < 4.78 is 19.4. The van der Waals surface area contributed by atoms with E-state index in [9.17, 15) is 9.18 Å². The number of halogens is 2. The van der Waals surface area contributed by atoms with Crippen molar-refractivity contribution in [3.8, 4) is 5.75 Å². The molecule has 1 aliphatic heterocycles. The van der Waals surface area contributed by atoms with E-state index >= 15 is 0 Å². The molecular weight excluding hydrogens is 399 g/mol. The Morgan fingerprint density at radius 1 is 1.12 bits per heavy atom. The van der Waals surface area contributed by atoms with E-state index < -0.39 is 0 Å². The van der Waals surface area contributed by atoms with E-state index in [0.29, 0.717) is 5.75 Å². The Balaban J connectivity index is 1.37. The van der Waals surface area contributed by atoms with Gasteiger partial charge in [-0.2, -0.15) is 0 Å². The second-order valence-electron chi connectivity index (χ2n) is 6.49. The molecule has 0 aliphatic carbocycles. The fourth-order valence-corrected chi connectivity index (χ4v) is 3.30. The molecule has 26 heavy (non-hydrogen) atoms. The van der Waals surface area contributed by atoms with E-state index in [4.69, 9.17) is 4.74 Å². The summed E-state index contributed by atoms with van der Waals surface area (Å²) in [5.74, 6) is 0.378. The fourth-order valence-electron chi connectivity index (χ4n) is 3.03. The van der Waals surface area contributed by atoms with Gasteiger partial charge in [0.15, 0.2) is 6.61 Å². The molecule has 138 valence electrons. The largest absolute Gasteiger partial charge is 0.484 e.